The van der Waals surface area contributed by atoms with Gasteiger partial charge >= 0.3 is 0 Å². The quantitative estimate of drug-likeness (QED) is 0.381. The number of carbonyl (C=O) groups excluding carboxylic acids is 1. The Kier molecular flexibility index (Phi) is 5.14. The van der Waals surface area contributed by atoms with E-state index >= 15 is 0 Å². The average molecular weight is 344 g/mol. The number of phenols is 1. The Morgan fingerprint density at radius 2 is 2.08 bits per heavy atom. The van der Waals surface area contributed by atoms with Gasteiger partial charge in [-0.05, 0) is 30.3 Å². The minimum absolute atomic E-state index is 0.143. The molecule has 0 aromatic heterocycles. The van der Waals surface area contributed by atoms with E-state index in [9.17, 15) is 20.0 Å². The van der Waals surface area contributed by atoms with Crippen LogP contribution in [0.2, 0.25) is 5.02 Å². The van der Waals surface area contributed by atoms with Crippen LogP contribution in [0.5, 0.6) is 5.75 Å². The predicted molar refractivity (Wildman–Crippen MR) is 88.4 cm³/mol. The van der Waals surface area contributed by atoms with Gasteiger partial charge in [0, 0.05) is 28.4 Å². The zero-order valence-corrected chi connectivity index (χ0v) is 12.8. The number of nitro groups is 1. The number of rotatable bonds is 4. The molecule has 0 spiro atoms. The van der Waals surface area contributed by atoms with Crippen molar-refractivity contribution in [3.05, 3.63) is 68.7 Å². The number of anilines is 1. The molecule has 2 rings (SSSR count). The van der Waals surface area contributed by atoms with Gasteiger partial charge in [-0.2, -0.15) is 5.26 Å². The molecule has 8 heteroatoms. The van der Waals surface area contributed by atoms with Crippen LogP contribution in [-0.2, 0) is 4.79 Å². The Labute approximate surface area is 141 Å². The summed E-state index contributed by atoms with van der Waals surface area (Å²) < 4.78 is 0. The summed E-state index contributed by atoms with van der Waals surface area (Å²) in [6.45, 7) is 0. The van der Waals surface area contributed by atoms with Crippen molar-refractivity contribution in [2.45, 2.75) is 0 Å². The van der Waals surface area contributed by atoms with E-state index in [4.69, 9.17) is 16.9 Å². The number of phenolic OH excluding ortho intramolecular Hbond substituents is 1. The number of hydrogen-bond donors (Lipinski definition) is 2. The van der Waals surface area contributed by atoms with Gasteiger partial charge in [0.2, 0.25) is 0 Å². The average Bonchev–Trinajstić information content (AvgIpc) is 2.55. The number of non-ortho nitro benzene ring substituents is 1. The van der Waals surface area contributed by atoms with Gasteiger partial charge in [-0.3, -0.25) is 14.9 Å². The van der Waals surface area contributed by atoms with Gasteiger partial charge in [-0.1, -0.05) is 17.7 Å². The highest BCUT2D eigenvalue weighted by Gasteiger charge is 2.13. The number of amides is 1. The van der Waals surface area contributed by atoms with Gasteiger partial charge in [-0.15, -0.1) is 0 Å². The lowest BCUT2D eigenvalue weighted by Gasteiger charge is -2.05. The summed E-state index contributed by atoms with van der Waals surface area (Å²) >= 11 is 5.81. The van der Waals surface area contributed by atoms with Crippen LogP contribution in [-0.4, -0.2) is 15.9 Å². The third kappa shape index (κ3) is 4.09. The number of carbonyl (C=O) groups is 1. The predicted octanol–water partition coefficient (Wildman–Crippen LogP) is 3.50. The number of halogens is 1. The number of hydrogen-bond acceptors (Lipinski definition) is 5. The van der Waals surface area contributed by atoms with Crippen molar-refractivity contribution in [1.29, 1.82) is 5.26 Å². The normalized spacial score (nSPS) is 10.8. The number of nitriles is 1. The third-order valence-electron chi connectivity index (χ3n) is 2.97. The third-order valence-corrected chi connectivity index (χ3v) is 3.20. The molecular weight excluding hydrogens is 334 g/mol. The molecule has 0 heterocycles. The molecule has 0 saturated heterocycles. The maximum Gasteiger partial charge on any atom is 0.271 e. The fraction of sp³-hybridized carbons (Fsp3) is 0. The Morgan fingerprint density at radius 1 is 1.33 bits per heavy atom. The molecule has 120 valence electrons. The molecule has 0 atom stereocenters. The van der Waals surface area contributed by atoms with Gasteiger partial charge in [0.15, 0.2) is 0 Å². The molecule has 0 bridgehead atoms. The summed E-state index contributed by atoms with van der Waals surface area (Å²) in [4.78, 5) is 22.3. The van der Waals surface area contributed by atoms with Crippen molar-refractivity contribution in [3.8, 4) is 11.8 Å². The van der Waals surface area contributed by atoms with Crippen LogP contribution in [0.25, 0.3) is 6.08 Å². The molecular formula is C16H10ClN3O4. The van der Waals surface area contributed by atoms with Crippen molar-refractivity contribution < 1.29 is 14.8 Å². The maximum absolute atomic E-state index is 12.1. The maximum atomic E-state index is 12.1. The fourth-order valence-electron chi connectivity index (χ4n) is 1.84. The number of aromatic hydroxyl groups is 1. The number of benzene rings is 2. The monoisotopic (exact) mass is 343 g/mol. The first-order valence-electron chi connectivity index (χ1n) is 6.57. The minimum atomic E-state index is -0.766. The molecule has 24 heavy (non-hydrogen) atoms. The zero-order chi connectivity index (χ0) is 17.7. The Morgan fingerprint density at radius 3 is 2.75 bits per heavy atom. The second kappa shape index (κ2) is 7.26. The van der Waals surface area contributed by atoms with E-state index in [1.54, 1.807) is 6.07 Å². The van der Waals surface area contributed by atoms with E-state index in [2.05, 4.69) is 5.32 Å². The van der Waals surface area contributed by atoms with Crippen molar-refractivity contribution in [2.24, 2.45) is 0 Å². The van der Waals surface area contributed by atoms with Crippen molar-refractivity contribution in [3.63, 3.8) is 0 Å². The molecule has 0 fully saturated rings. The largest absolute Gasteiger partial charge is 0.507 e. The summed E-state index contributed by atoms with van der Waals surface area (Å²) in [6, 6.07) is 11.2. The molecule has 2 N–H and O–H groups in total. The van der Waals surface area contributed by atoms with Gasteiger partial charge in [0.1, 0.15) is 17.4 Å². The Bertz CT molecular complexity index is 887. The highest BCUT2D eigenvalue weighted by atomic mass is 35.5. The van der Waals surface area contributed by atoms with Crippen LogP contribution in [0, 0.1) is 21.4 Å². The number of nitrogens with one attached hydrogen (secondary N) is 1. The van der Waals surface area contributed by atoms with Crippen LogP contribution in [0.4, 0.5) is 11.4 Å². The first kappa shape index (κ1) is 17.0. The highest BCUT2D eigenvalue weighted by molar-refractivity contribution is 6.30. The number of nitrogens with zero attached hydrogens (tertiary/aromatic N) is 2. The molecule has 0 unspecified atom stereocenters. The van der Waals surface area contributed by atoms with E-state index in [1.165, 1.54) is 48.5 Å². The first-order chi connectivity index (χ1) is 11.4. The highest BCUT2D eigenvalue weighted by Crippen LogP contribution is 2.24. The summed E-state index contributed by atoms with van der Waals surface area (Å²) in [5, 5.41) is 32.3. The first-order valence-corrected chi connectivity index (χ1v) is 6.94. The zero-order valence-electron chi connectivity index (χ0n) is 12.1. The summed E-state index contributed by atoms with van der Waals surface area (Å²) in [5.74, 6) is -0.910. The lowest BCUT2D eigenvalue weighted by molar-refractivity contribution is -0.384. The van der Waals surface area contributed by atoms with Gasteiger partial charge < -0.3 is 10.4 Å². The standard InChI is InChI=1S/C16H10ClN3O4/c17-12-4-5-15(21)10(7-12)6-11(9-18)16(22)19-13-2-1-3-14(8-13)20(23)24/h1-8,21H,(H,19,22)/b11-6+. The van der Waals surface area contributed by atoms with Gasteiger partial charge in [0.25, 0.3) is 11.6 Å². The molecule has 0 radical (unpaired) electrons. The van der Waals surface area contributed by atoms with Gasteiger partial charge in [-0.25, -0.2) is 0 Å². The van der Waals surface area contributed by atoms with Crippen LogP contribution < -0.4 is 5.32 Å². The Balaban J connectivity index is 2.28. The van der Waals surface area contributed by atoms with E-state index in [0.29, 0.717) is 5.02 Å². The minimum Gasteiger partial charge on any atom is -0.507 e. The van der Waals surface area contributed by atoms with Crippen molar-refractivity contribution in [1.82, 2.24) is 0 Å². The SMILES string of the molecule is N#C/C(=C\c1cc(Cl)ccc1O)C(=O)Nc1cccc([N+](=O)[O-])c1. The molecule has 0 aliphatic rings. The molecule has 2 aromatic carbocycles. The second-order valence-corrected chi connectivity index (χ2v) is 5.07. The molecule has 2 aromatic rings. The van der Waals surface area contributed by atoms with Crippen LogP contribution >= 0.6 is 11.6 Å². The van der Waals surface area contributed by atoms with E-state index in [1.807, 2.05) is 0 Å². The number of nitro benzene ring substituents is 1. The van der Waals surface area contributed by atoms with E-state index < -0.39 is 10.8 Å². The summed E-state index contributed by atoms with van der Waals surface area (Å²) in [7, 11) is 0. The summed E-state index contributed by atoms with van der Waals surface area (Å²) in [5.41, 5.74) is -0.110. The fourth-order valence-corrected chi connectivity index (χ4v) is 2.02. The molecule has 0 aliphatic carbocycles. The second-order valence-electron chi connectivity index (χ2n) is 4.63. The van der Waals surface area contributed by atoms with Crippen molar-refractivity contribution >= 4 is 35.0 Å². The van der Waals surface area contributed by atoms with E-state index in [-0.39, 0.29) is 28.3 Å². The lowest BCUT2D eigenvalue weighted by Crippen LogP contribution is -2.13. The molecule has 0 aliphatic heterocycles. The molecule has 1 amide bonds. The lowest BCUT2D eigenvalue weighted by atomic mass is 10.1. The van der Waals surface area contributed by atoms with Crippen LogP contribution in [0.15, 0.2) is 48.0 Å². The van der Waals surface area contributed by atoms with Crippen molar-refractivity contribution in [2.75, 3.05) is 5.32 Å². The summed E-state index contributed by atoms with van der Waals surface area (Å²) in [6.07, 6.45) is 1.17. The van der Waals surface area contributed by atoms with Crippen LogP contribution in [0.3, 0.4) is 0 Å². The topological polar surface area (TPSA) is 116 Å². The smallest absolute Gasteiger partial charge is 0.271 e. The molecule has 0 saturated carbocycles. The van der Waals surface area contributed by atoms with E-state index in [0.717, 1.165) is 0 Å². The van der Waals surface area contributed by atoms with Gasteiger partial charge in [0.05, 0.1) is 4.92 Å². The van der Waals surface area contributed by atoms with Crippen LogP contribution in [0.1, 0.15) is 5.56 Å². The molecule has 7 nitrogen and oxygen atoms in total. The Hall–Kier alpha value is -3.37.